The number of hydrogen-bond acceptors (Lipinski definition) is 3. The van der Waals surface area contributed by atoms with Crippen molar-refractivity contribution in [3.63, 3.8) is 0 Å². The summed E-state index contributed by atoms with van der Waals surface area (Å²) >= 11 is 7.67. The number of anilines is 1. The zero-order valence-electron chi connectivity index (χ0n) is 19.9. The molecule has 1 N–H and O–H groups in total. The molecule has 174 valence electrons. The predicted octanol–water partition coefficient (Wildman–Crippen LogP) is 7.07. The summed E-state index contributed by atoms with van der Waals surface area (Å²) in [5, 5.41) is 4.25. The van der Waals surface area contributed by atoms with Crippen molar-refractivity contribution in [2.24, 2.45) is 11.3 Å². The maximum Gasteiger partial charge on any atom is 0.257 e. The normalized spacial score (nSPS) is 15.9. The summed E-state index contributed by atoms with van der Waals surface area (Å²) in [4.78, 5) is 29.9. The molecule has 3 rings (SSSR count). The van der Waals surface area contributed by atoms with Crippen molar-refractivity contribution in [2.45, 2.75) is 66.7 Å². The van der Waals surface area contributed by atoms with Crippen LogP contribution in [0.15, 0.2) is 24.3 Å². The van der Waals surface area contributed by atoms with Crippen LogP contribution < -0.4 is 5.32 Å². The maximum atomic E-state index is 13.7. The van der Waals surface area contributed by atoms with Crippen LogP contribution in [0.5, 0.6) is 0 Å². The van der Waals surface area contributed by atoms with E-state index >= 15 is 0 Å². The minimum atomic E-state index is -0.231. The molecule has 1 atom stereocenters. The molecule has 0 radical (unpaired) electrons. The number of fused-ring (bicyclic) bond motifs is 1. The van der Waals surface area contributed by atoms with Gasteiger partial charge in [0, 0.05) is 28.6 Å². The fourth-order valence-electron chi connectivity index (χ4n) is 4.46. The molecular weight excluding hydrogens is 440 g/mol. The summed E-state index contributed by atoms with van der Waals surface area (Å²) in [6.07, 6.45) is 4.73. The molecule has 0 bridgehead atoms. The first-order valence-electron chi connectivity index (χ1n) is 11.7. The van der Waals surface area contributed by atoms with Crippen molar-refractivity contribution in [2.75, 3.05) is 18.4 Å². The summed E-state index contributed by atoms with van der Waals surface area (Å²) < 4.78 is 0. The van der Waals surface area contributed by atoms with Gasteiger partial charge in [-0.05, 0) is 67.2 Å². The lowest BCUT2D eigenvalue weighted by Gasteiger charge is -2.34. The molecule has 1 heterocycles. The zero-order valence-corrected chi connectivity index (χ0v) is 21.5. The number of halogens is 1. The van der Waals surface area contributed by atoms with E-state index in [0.29, 0.717) is 27.1 Å². The highest BCUT2D eigenvalue weighted by atomic mass is 35.5. The van der Waals surface area contributed by atoms with E-state index in [9.17, 15) is 9.59 Å². The molecule has 1 aromatic heterocycles. The number of nitrogens with one attached hydrogen (secondary N) is 1. The molecule has 0 fully saturated rings. The van der Waals surface area contributed by atoms with Gasteiger partial charge in [-0.25, -0.2) is 0 Å². The van der Waals surface area contributed by atoms with Crippen molar-refractivity contribution in [1.82, 2.24) is 4.90 Å². The second-order valence-electron chi connectivity index (χ2n) is 9.77. The van der Waals surface area contributed by atoms with E-state index in [-0.39, 0.29) is 17.2 Å². The van der Waals surface area contributed by atoms with Gasteiger partial charge in [0.25, 0.3) is 11.8 Å². The molecule has 1 aliphatic rings. The molecule has 1 aliphatic carbocycles. The van der Waals surface area contributed by atoms with Gasteiger partial charge in [0.05, 0.1) is 5.56 Å². The van der Waals surface area contributed by atoms with Crippen LogP contribution in [-0.2, 0) is 12.8 Å². The molecule has 0 aliphatic heterocycles. The molecule has 1 aromatic carbocycles. The van der Waals surface area contributed by atoms with E-state index in [1.165, 1.54) is 4.88 Å². The fraction of sp³-hybridized carbons (Fsp3) is 0.538. The zero-order chi connectivity index (χ0) is 23.5. The van der Waals surface area contributed by atoms with Crippen LogP contribution >= 0.6 is 22.9 Å². The highest BCUT2D eigenvalue weighted by Gasteiger charge is 2.35. The second-order valence-corrected chi connectivity index (χ2v) is 11.3. The molecule has 32 heavy (non-hydrogen) atoms. The lowest BCUT2D eigenvalue weighted by atomic mass is 9.72. The molecule has 0 spiro atoms. The molecule has 0 saturated carbocycles. The van der Waals surface area contributed by atoms with Crippen molar-refractivity contribution in [1.29, 1.82) is 0 Å². The van der Waals surface area contributed by atoms with Crippen molar-refractivity contribution in [3.8, 4) is 0 Å². The van der Waals surface area contributed by atoms with Crippen LogP contribution in [0, 0.1) is 11.3 Å². The van der Waals surface area contributed by atoms with Gasteiger partial charge in [0.2, 0.25) is 0 Å². The van der Waals surface area contributed by atoms with Gasteiger partial charge in [0.15, 0.2) is 0 Å². The van der Waals surface area contributed by atoms with Gasteiger partial charge >= 0.3 is 0 Å². The van der Waals surface area contributed by atoms with Crippen molar-refractivity contribution < 1.29 is 9.59 Å². The Bertz CT molecular complexity index is 971. The number of carbonyl (C=O) groups excluding carboxylic acids is 2. The summed E-state index contributed by atoms with van der Waals surface area (Å²) in [6, 6.07) is 6.91. The minimum Gasteiger partial charge on any atom is -0.339 e. The van der Waals surface area contributed by atoms with E-state index in [2.05, 4.69) is 39.9 Å². The Morgan fingerprint density at radius 1 is 1.19 bits per heavy atom. The summed E-state index contributed by atoms with van der Waals surface area (Å²) in [5.41, 5.74) is 2.55. The molecule has 0 saturated heterocycles. The van der Waals surface area contributed by atoms with Crippen LogP contribution in [0.3, 0.4) is 0 Å². The number of nitrogens with zero attached hydrogens (tertiary/aromatic N) is 1. The van der Waals surface area contributed by atoms with E-state index in [1.807, 2.05) is 4.90 Å². The van der Waals surface area contributed by atoms with Crippen LogP contribution in [0.4, 0.5) is 5.00 Å². The van der Waals surface area contributed by atoms with Crippen LogP contribution in [-0.4, -0.2) is 29.8 Å². The lowest BCUT2D eigenvalue weighted by molar-refractivity contribution is 0.0755. The Balaban J connectivity index is 2.00. The third kappa shape index (κ3) is 5.55. The summed E-state index contributed by atoms with van der Waals surface area (Å²) in [6.45, 7) is 12.5. The number of carbonyl (C=O) groups is 2. The number of rotatable bonds is 7. The fourth-order valence-corrected chi connectivity index (χ4v) is 5.96. The Morgan fingerprint density at radius 2 is 1.88 bits per heavy atom. The van der Waals surface area contributed by atoms with Crippen molar-refractivity contribution in [3.05, 3.63) is 50.9 Å². The first kappa shape index (κ1) is 24.8. The average Bonchev–Trinajstić information content (AvgIpc) is 3.09. The Hall–Kier alpha value is -1.85. The highest BCUT2D eigenvalue weighted by molar-refractivity contribution is 7.17. The van der Waals surface area contributed by atoms with E-state index in [4.69, 9.17) is 11.6 Å². The molecule has 1 unspecified atom stereocenters. The first-order valence-corrected chi connectivity index (χ1v) is 12.9. The van der Waals surface area contributed by atoms with E-state index in [0.717, 1.165) is 50.8 Å². The maximum absolute atomic E-state index is 13.7. The number of thiophene rings is 1. The quantitative estimate of drug-likeness (QED) is 0.466. The second kappa shape index (κ2) is 10.4. The SMILES string of the molecule is CCCN(CCC)C(=O)c1c(NC(=O)c2cccc(Cl)c2)sc2c1CCC(C(C)(C)C)C2. The number of amides is 2. The highest BCUT2D eigenvalue weighted by Crippen LogP contribution is 2.44. The monoisotopic (exact) mass is 474 g/mol. The lowest BCUT2D eigenvalue weighted by Crippen LogP contribution is -2.34. The van der Waals surface area contributed by atoms with Gasteiger partial charge < -0.3 is 10.2 Å². The van der Waals surface area contributed by atoms with Gasteiger partial charge in [-0.2, -0.15) is 0 Å². The van der Waals surface area contributed by atoms with Gasteiger partial charge in [-0.15, -0.1) is 11.3 Å². The van der Waals surface area contributed by atoms with E-state index < -0.39 is 0 Å². The molecule has 2 amide bonds. The van der Waals surface area contributed by atoms with Crippen molar-refractivity contribution >= 4 is 39.8 Å². The largest absolute Gasteiger partial charge is 0.339 e. The molecule has 4 nitrogen and oxygen atoms in total. The van der Waals surface area contributed by atoms with Gasteiger partial charge in [0.1, 0.15) is 5.00 Å². The number of hydrogen-bond donors (Lipinski definition) is 1. The third-order valence-corrected chi connectivity index (χ3v) is 7.70. The first-order chi connectivity index (χ1) is 15.2. The predicted molar refractivity (Wildman–Crippen MR) is 135 cm³/mol. The van der Waals surface area contributed by atoms with Crippen LogP contribution in [0.2, 0.25) is 5.02 Å². The van der Waals surface area contributed by atoms with Gasteiger partial charge in [-0.3, -0.25) is 9.59 Å². The standard InChI is InChI=1S/C26H35ClN2O2S/c1-6-13-29(14-7-2)25(31)22-20-12-11-18(26(3,4)5)16-21(20)32-24(22)28-23(30)17-9-8-10-19(27)15-17/h8-10,15,18H,6-7,11-14,16H2,1-5H3,(H,28,30). The van der Waals surface area contributed by atoms with Crippen LogP contribution in [0.1, 0.15) is 85.0 Å². The molecule has 6 heteroatoms. The Kier molecular flexibility index (Phi) is 8.05. The third-order valence-electron chi connectivity index (χ3n) is 6.29. The molecular formula is C26H35ClN2O2S. The Morgan fingerprint density at radius 3 is 2.47 bits per heavy atom. The average molecular weight is 475 g/mol. The minimum absolute atomic E-state index is 0.0433. The Labute approximate surface area is 201 Å². The summed E-state index contributed by atoms with van der Waals surface area (Å²) in [7, 11) is 0. The van der Waals surface area contributed by atoms with E-state index in [1.54, 1.807) is 35.6 Å². The molecule has 2 aromatic rings. The summed E-state index contributed by atoms with van der Waals surface area (Å²) in [5.74, 6) is 0.377. The smallest absolute Gasteiger partial charge is 0.257 e. The number of benzene rings is 1. The van der Waals surface area contributed by atoms with Gasteiger partial charge in [-0.1, -0.05) is 52.3 Å². The topological polar surface area (TPSA) is 49.4 Å². The van der Waals surface area contributed by atoms with Crippen LogP contribution in [0.25, 0.3) is 0 Å².